The molecule has 212 valence electrons. The molecule has 1 heterocycles. The number of nitrogens with one attached hydrogen (secondary N) is 2. The third-order valence-electron chi connectivity index (χ3n) is 7.18. The molecule has 0 radical (unpaired) electrons. The largest absolute Gasteiger partial charge is 0.480 e. The third-order valence-corrected chi connectivity index (χ3v) is 7.18. The maximum Gasteiger partial charge on any atom is 0.452 e. The van der Waals surface area contributed by atoms with Crippen molar-refractivity contribution in [1.29, 1.82) is 0 Å². The standard InChI is InChI=1S/C30H26F3N3O5/c31-30(32,33)24-23(35-27(41-24)21-6-2-1-3-7-21)26(38)34-22-14-12-19(13-15-22)18-8-10-20(11-9-18)25(37)36-29(28(39)40)16-4-5-17-29/h2,6-15H,1,3-5,16-17H2,(H,34,38)(H,36,37)(H,39,40). The van der Waals surface area contributed by atoms with E-state index in [1.54, 1.807) is 54.6 Å². The molecule has 2 aliphatic rings. The zero-order valence-electron chi connectivity index (χ0n) is 21.8. The molecule has 1 aromatic heterocycles. The predicted molar refractivity (Wildman–Crippen MR) is 144 cm³/mol. The van der Waals surface area contributed by atoms with E-state index in [0.717, 1.165) is 30.4 Å². The maximum atomic E-state index is 13.6. The van der Waals surface area contributed by atoms with Crippen molar-refractivity contribution in [1.82, 2.24) is 10.3 Å². The van der Waals surface area contributed by atoms with Gasteiger partial charge in [-0.2, -0.15) is 13.2 Å². The molecule has 0 unspecified atom stereocenters. The monoisotopic (exact) mass is 565 g/mol. The highest BCUT2D eigenvalue weighted by molar-refractivity contribution is 6.04. The molecule has 3 aromatic rings. The topological polar surface area (TPSA) is 122 Å². The number of nitrogens with zero attached hydrogens (tertiary/aromatic N) is 1. The summed E-state index contributed by atoms with van der Waals surface area (Å²) in [6, 6.07) is 13.0. The van der Waals surface area contributed by atoms with Crippen LogP contribution in [0.4, 0.5) is 18.9 Å². The van der Waals surface area contributed by atoms with E-state index in [9.17, 15) is 32.7 Å². The van der Waals surface area contributed by atoms with Gasteiger partial charge in [0.05, 0.1) is 0 Å². The first-order chi connectivity index (χ1) is 19.6. The number of carboxylic acid groups (broad SMARTS) is 1. The van der Waals surface area contributed by atoms with Gasteiger partial charge in [-0.15, -0.1) is 0 Å². The molecule has 0 saturated heterocycles. The molecule has 1 fully saturated rings. The fourth-order valence-electron chi connectivity index (χ4n) is 4.97. The van der Waals surface area contributed by atoms with Gasteiger partial charge in [-0.1, -0.05) is 55.3 Å². The summed E-state index contributed by atoms with van der Waals surface area (Å²) < 4.78 is 45.8. The van der Waals surface area contributed by atoms with Crippen molar-refractivity contribution >= 4 is 29.0 Å². The number of rotatable bonds is 7. The van der Waals surface area contributed by atoms with Gasteiger partial charge in [0.1, 0.15) is 5.54 Å². The Hall–Kier alpha value is -4.67. The Balaban J connectivity index is 1.28. The number of halogens is 3. The molecule has 0 aliphatic heterocycles. The summed E-state index contributed by atoms with van der Waals surface area (Å²) in [6.45, 7) is 0. The van der Waals surface area contributed by atoms with Crippen LogP contribution >= 0.6 is 0 Å². The Labute approximate surface area is 233 Å². The Morgan fingerprint density at radius 3 is 2.10 bits per heavy atom. The van der Waals surface area contributed by atoms with Crippen molar-refractivity contribution in [3.8, 4) is 11.1 Å². The Bertz CT molecular complexity index is 1530. The lowest BCUT2D eigenvalue weighted by Gasteiger charge is -2.25. The number of hydrogen-bond donors (Lipinski definition) is 3. The first kappa shape index (κ1) is 27.9. The van der Waals surface area contributed by atoms with E-state index in [-0.39, 0.29) is 11.6 Å². The quantitative estimate of drug-likeness (QED) is 0.302. The van der Waals surface area contributed by atoms with Crippen LogP contribution in [0.15, 0.2) is 71.2 Å². The zero-order valence-corrected chi connectivity index (χ0v) is 21.8. The molecular weight excluding hydrogens is 539 g/mol. The van der Waals surface area contributed by atoms with Crippen molar-refractivity contribution in [2.45, 2.75) is 50.2 Å². The van der Waals surface area contributed by atoms with Crippen LogP contribution in [-0.4, -0.2) is 33.4 Å². The molecule has 0 bridgehead atoms. The van der Waals surface area contributed by atoms with Crippen molar-refractivity contribution in [3.05, 3.63) is 89.7 Å². The molecule has 2 aliphatic carbocycles. The van der Waals surface area contributed by atoms with Crippen LogP contribution in [-0.2, 0) is 11.0 Å². The van der Waals surface area contributed by atoms with Crippen LogP contribution in [0.5, 0.6) is 0 Å². The number of carbonyl (C=O) groups is 3. The molecule has 1 saturated carbocycles. The summed E-state index contributed by atoms with van der Waals surface area (Å²) in [5, 5.41) is 14.7. The lowest BCUT2D eigenvalue weighted by Crippen LogP contribution is -2.52. The van der Waals surface area contributed by atoms with Crippen molar-refractivity contribution in [2.75, 3.05) is 5.32 Å². The van der Waals surface area contributed by atoms with Crippen LogP contribution in [0.1, 0.15) is 71.0 Å². The van der Waals surface area contributed by atoms with Crippen molar-refractivity contribution < 1.29 is 37.1 Å². The molecule has 8 nitrogen and oxygen atoms in total. The minimum atomic E-state index is -4.91. The summed E-state index contributed by atoms with van der Waals surface area (Å²) in [7, 11) is 0. The van der Waals surface area contributed by atoms with E-state index in [1.807, 2.05) is 0 Å². The number of aromatic nitrogens is 1. The summed E-state index contributed by atoms with van der Waals surface area (Å²) in [5.74, 6) is -4.30. The van der Waals surface area contributed by atoms with Crippen LogP contribution in [0.2, 0.25) is 0 Å². The number of allylic oxidation sites excluding steroid dienone is 4. The molecule has 3 N–H and O–H groups in total. The van der Waals surface area contributed by atoms with Crippen molar-refractivity contribution in [3.63, 3.8) is 0 Å². The highest BCUT2D eigenvalue weighted by Crippen LogP contribution is 2.35. The van der Waals surface area contributed by atoms with E-state index in [1.165, 1.54) is 12.1 Å². The van der Waals surface area contributed by atoms with E-state index in [0.29, 0.717) is 30.4 Å². The average Bonchev–Trinajstić information content (AvgIpc) is 3.63. The fraction of sp³-hybridized carbons (Fsp3) is 0.267. The first-order valence-electron chi connectivity index (χ1n) is 13.1. The summed E-state index contributed by atoms with van der Waals surface area (Å²) in [5.41, 5.74) is 0.318. The van der Waals surface area contributed by atoms with E-state index >= 15 is 0 Å². The van der Waals surface area contributed by atoms with Crippen molar-refractivity contribution in [2.24, 2.45) is 0 Å². The molecule has 11 heteroatoms. The van der Waals surface area contributed by atoms with Gasteiger partial charge >= 0.3 is 12.1 Å². The van der Waals surface area contributed by atoms with Gasteiger partial charge in [-0.25, -0.2) is 9.78 Å². The molecule has 0 spiro atoms. The van der Waals surface area contributed by atoms with E-state index in [2.05, 4.69) is 15.6 Å². The predicted octanol–water partition coefficient (Wildman–Crippen LogP) is 6.47. The van der Waals surface area contributed by atoms with Crippen LogP contribution < -0.4 is 10.6 Å². The van der Waals surface area contributed by atoms with Crippen LogP contribution in [0.25, 0.3) is 16.7 Å². The summed E-state index contributed by atoms with van der Waals surface area (Å²) >= 11 is 0. The lowest BCUT2D eigenvalue weighted by atomic mass is 9.97. The van der Waals surface area contributed by atoms with Gasteiger partial charge in [-0.05, 0) is 61.1 Å². The number of alkyl halides is 3. The van der Waals surface area contributed by atoms with Gasteiger partial charge in [-0.3, -0.25) is 9.59 Å². The molecule has 2 amide bonds. The maximum absolute atomic E-state index is 13.6. The summed E-state index contributed by atoms with van der Waals surface area (Å²) in [4.78, 5) is 41.0. The summed E-state index contributed by atoms with van der Waals surface area (Å²) in [6.07, 6.45) is 3.83. The van der Waals surface area contributed by atoms with Gasteiger partial charge in [0.15, 0.2) is 5.69 Å². The fourth-order valence-corrected chi connectivity index (χ4v) is 4.97. The molecular formula is C30H26F3N3O5. The number of carbonyl (C=O) groups excluding carboxylic acids is 2. The Morgan fingerprint density at radius 2 is 1.54 bits per heavy atom. The Morgan fingerprint density at radius 1 is 0.902 bits per heavy atom. The second kappa shape index (κ2) is 11.1. The normalized spacial score (nSPS) is 16.2. The number of oxazole rings is 1. The third kappa shape index (κ3) is 5.93. The van der Waals surface area contributed by atoms with Gasteiger partial charge < -0.3 is 20.2 Å². The number of anilines is 1. The van der Waals surface area contributed by atoms with E-state index < -0.39 is 41.0 Å². The zero-order chi connectivity index (χ0) is 29.2. The number of carboxylic acids is 1. The highest BCUT2D eigenvalue weighted by atomic mass is 19.4. The second-order valence-corrected chi connectivity index (χ2v) is 9.99. The highest BCUT2D eigenvalue weighted by Gasteiger charge is 2.43. The van der Waals surface area contributed by atoms with Crippen LogP contribution in [0, 0.1) is 0 Å². The number of amides is 2. The lowest BCUT2D eigenvalue weighted by molar-refractivity contribution is -0.153. The minimum Gasteiger partial charge on any atom is -0.480 e. The second-order valence-electron chi connectivity index (χ2n) is 9.99. The molecule has 5 rings (SSSR count). The van der Waals surface area contributed by atoms with Gasteiger partial charge in [0.25, 0.3) is 11.8 Å². The van der Waals surface area contributed by atoms with E-state index in [4.69, 9.17) is 4.42 Å². The molecule has 2 aromatic carbocycles. The Kier molecular flexibility index (Phi) is 7.53. The van der Waals surface area contributed by atoms with Crippen LogP contribution in [0.3, 0.4) is 0 Å². The average molecular weight is 566 g/mol. The van der Waals surface area contributed by atoms with Gasteiger partial charge in [0, 0.05) is 16.8 Å². The van der Waals surface area contributed by atoms with Gasteiger partial charge in [0.2, 0.25) is 11.7 Å². The number of aliphatic carboxylic acids is 1. The smallest absolute Gasteiger partial charge is 0.452 e. The number of benzene rings is 2. The number of hydrogen-bond acceptors (Lipinski definition) is 5. The minimum absolute atomic E-state index is 0.250. The SMILES string of the molecule is O=C(NC1(C(=O)O)CCCC1)c1ccc(-c2ccc(NC(=O)c3nc(C4=CCCC=C4)oc3C(F)(F)F)cc2)cc1. The molecule has 41 heavy (non-hydrogen) atoms. The molecule has 0 atom stereocenters. The first-order valence-corrected chi connectivity index (χ1v) is 13.1.